The standard InChI is InChI=1S/C15H23BrN2O2/c1-11(7-8-19)10-17-15(20)18-12(2)9-13-5-3-4-6-14(13)16/h3-6,11-12,19H,7-10H2,1-2H3,(H2,17,18,20). The topological polar surface area (TPSA) is 61.4 Å². The molecule has 3 N–H and O–H groups in total. The molecule has 0 saturated carbocycles. The van der Waals surface area contributed by atoms with Crippen molar-refractivity contribution in [3.05, 3.63) is 34.3 Å². The Hall–Kier alpha value is -1.07. The fraction of sp³-hybridized carbons (Fsp3) is 0.533. The van der Waals surface area contributed by atoms with Crippen LogP contribution in [0.15, 0.2) is 28.7 Å². The van der Waals surface area contributed by atoms with Crippen molar-refractivity contribution in [2.24, 2.45) is 5.92 Å². The van der Waals surface area contributed by atoms with E-state index in [0.29, 0.717) is 13.0 Å². The fourth-order valence-electron chi connectivity index (χ4n) is 1.91. The molecular weight excluding hydrogens is 320 g/mol. The molecule has 0 aromatic heterocycles. The van der Waals surface area contributed by atoms with E-state index in [-0.39, 0.29) is 24.6 Å². The van der Waals surface area contributed by atoms with Gasteiger partial charge in [0.15, 0.2) is 0 Å². The van der Waals surface area contributed by atoms with Gasteiger partial charge in [0.25, 0.3) is 0 Å². The lowest BCUT2D eigenvalue weighted by molar-refractivity contribution is 0.231. The Balaban J connectivity index is 2.33. The first-order valence-corrected chi connectivity index (χ1v) is 7.70. The average Bonchev–Trinajstić information content (AvgIpc) is 2.39. The van der Waals surface area contributed by atoms with Crippen LogP contribution >= 0.6 is 15.9 Å². The Labute approximate surface area is 129 Å². The van der Waals surface area contributed by atoms with E-state index in [2.05, 4.69) is 26.6 Å². The van der Waals surface area contributed by atoms with Gasteiger partial charge >= 0.3 is 6.03 Å². The quantitative estimate of drug-likeness (QED) is 0.713. The van der Waals surface area contributed by atoms with Crippen LogP contribution in [-0.2, 0) is 6.42 Å². The molecule has 0 bridgehead atoms. The van der Waals surface area contributed by atoms with E-state index in [0.717, 1.165) is 10.9 Å². The number of carbonyl (C=O) groups is 1. The summed E-state index contributed by atoms with van der Waals surface area (Å²) in [6.07, 6.45) is 1.48. The summed E-state index contributed by atoms with van der Waals surface area (Å²) in [4.78, 5) is 11.7. The highest BCUT2D eigenvalue weighted by molar-refractivity contribution is 9.10. The molecule has 4 nitrogen and oxygen atoms in total. The maximum atomic E-state index is 11.7. The lowest BCUT2D eigenvalue weighted by Crippen LogP contribution is -2.43. The number of urea groups is 1. The summed E-state index contributed by atoms with van der Waals surface area (Å²) in [5.74, 6) is 0.282. The fourth-order valence-corrected chi connectivity index (χ4v) is 2.36. The second-order valence-electron chi connectivity index (χ2n) is 5.17. The number of halogens is 1. The zero-order valence-corrected chi connectivity index (χ0v) is 13.6. The third-order valence-corrected chi connectivity index (χ3v) is 3.87. The maximum absolute atomic E-state index is 11.7. The van der Waals surface area contributed by atoms with Gasteiger partial charge < -0.3 is 15.7 Å². The van der Waals surface area contributed by atoms with Crippen LogP contribution in [0.2, 0.25) is 0 Å². The van der Waals surface area contributed by atoms with E-state index < -0.39 is 0 Å². The van der Waals surface area contributed by atoms with Crippen LogP contribution in [0, 0.1) is 5.92 Å². The zero-order chi connectivity index (χ0) is 15.0. The molecule has 0 aliphatic heterocycles. The first kappa shape index (κ1) is 17.0. The van der Waals surface area contributed by atoms with Crippen molar-refractivity contribution in [1.29, 1.82) is 0 Å². The van der Waals surface area contributed by atoms with Gasteiger partial charge in [0.1, 0.15) is 0 Å². The van der Waals surface area contributed by atoms with Crippen molar-refractivity contribution >= 4 is 22.0 Å². The highest BCUT2D eigenvalue weighted by Crippen LogP contribution is 2.17. The van der Waals surface area contributed by atoms with Crippen molar-refractivity contribution < 1.29 is 9.90 Å². The van der Waals surface area contributed by atoms with Gasteiger partial charge in [0.2, 0.25) is 0 Å². The van der Waals surface area contributed by atoms with E-state index >= 15 is 0 Å². The molecule has 0 heterocycles. The van der Waals surface area contributed by atoms with Crippen LogP contribution in [0.3, 0.4) is 0 Å². The van der Waals surface area contributed by atoms with Gasteiger partial charge in [-0.05, 0) is 37.3 Å². The minimum atomic E-state index is -0.158. The van der Waals surface area contributed by atoms with E-state index in [1.54, 1.807) is 0 Å². The van der Waals surface area contributed by atoms with Gasteiger partial charge in [-0.3, -0.25) is 0 Å². The largest absolute Gasteiger partial charge is 0.396 e. The molecule has 0 aliphatic rings. The predicted molar refractivity (Wildman–Crippen MR) is 84.7 cm³/mol. The SMILES string of the molecule is CC(CCO)CNC(=O)NC(C)Cc1ccccc1Br. The smallest absolute Gasteiger partial charge is 0.315 e. The summed E-state index contributed by atoms with van der Waals surface area (Å²) < 4.78 is 1.06. The van der Waals surface area contributed by atoms with Gasteiger partial charge in [-0.2, -0.15) is 0 Å². The molecule has 0 radical (unpaired) electrons. The summed E-state index contributed by atoms with van der Waals surface area (Å²) in [5, 5.41) is 14.5. The molecule has 1 aromatic carbocycles. The summed E-state index contributed by atoms with van der Waals surface area (Å²) in [6.45, 7) is 4.72. The number of amides is 2. The zero-order valence-electron chi connectivity index (χ0n) is 12.0. The minimum absolute atomic E-state index is 0.0573. The molecule has 0 fully saturated rings. The third-order valence-electron chi connectivity index (χ3n) is 3.09. The number of nitrogens with one attached hydrogen (secondary N) is 2. The number of hydrogen-bond donors (Lipinski definition) is 3. The lowest BCUT2D eigenvalue weighted by atomic mass is 10.1. The Kier molecular flexibility index (Phi) is 7.62. The van der Waals surface area contributed by atoms with Crippen molar-refractivity contribution in [3.8, 4) is 0 Å². The molecular formula is C15H23BrN2O2. The molecule has 0 saturated heterocycles. The first-order valence-electron chi connectivity index (χ1n) is 6.91. The average molecular weight is 343 g/mol. The summed E-state index contributed by atoms with van der Waals surface area (Å²) >= 11 is 3.51. The molecule has 112 valence electrons. The third kappa shape index (κ3) is 6.39. The summed E-state index contributed by atoms with van der Waals surface area (Å²) in [5.41, 5.74) is 1.17. The van der Waals surface area contributed by atoms with Gasteiger partial charge in [-0.15, -0.1) is 0 Å². The van der Waals surface area contributed by atoms with Crippen LogP contribution in [0.5, 0.6) is 0 Å². The van der Waals surface area contributed by atoms with Crippen molar-refractivity contribution in [3.63, 3.8) is 0 Å². The molecule has 1 aromatic rings. The van der Waals surface area contributed by atoms with Crippen LogP contribution in [0.25, 0.3) is 0 Å². The second kappa shape index (κ2) is 8.97. The van der Waals surface area contributed by atoms with Gasteiger partial charge in [0, 0.05) is 23.7 Å². The normalized spacial score (nSPS) is 13.6. The van der Waals surface area contributed by atoms with Gasteiger partial charge in [-0.1, -0.05) is 41.1 Å². The Morgan fingerprint density at radius 1 is 1.35 bits per heavy atom. The number of rotatable bonds is 7. The van der Waals surface area contributed by atoms with Crippen molar-refractivity contribution in [1.82, 2.24) is 10.6 Å². The number of aliphatic hydroxyl groups excluding tert-OH is 1. The number of carbonyl (C=O) groups excluding carboxylic acids is 1. The molecule has 5 heteroatoms. The molecule has 0 spiro atoms. The van der Waals surface area contributed by atoms with Crippen LogP contribution in [0.4, 0.5) is 4.79 Å². The Bertz CT molecular complexity index is 426. The second-order valence-corrected chi connectivity index (χ2v) is 6.02. The predicted octanol–water partition coefficient (Wildman–Crippen LogP) is 2.70. The highest BCUT2D eigenvalue weighted by Gasteiger charge is 2.10. The molecule has 2 atom stereocenters. The molecule has 0 aliphatic carbocycles. The maximum Gasteiger partial charge on any atom is 0.315 e. The molecule has 1 rings (SSSR count). The van der Waals surface area contributed by atoms with Crippen molar-refractivity contribution in [2.45, 2.75) is 32.7 Å². The molecule has 20 heavy (non-hydrogen) atoms. The lowest BCUT2D eigenvalue weighted by Gasteiger charge is -2.17. The highest BCUT2D eigenvalue weighted by atomic mass is 79.9. The van der Waals surface area contributed by atoms with E-state index in [9.17, 15) is 4.79 Å². The number of hydrogen-bond acceptors (Lipinski definition) is 2. The van der Waals surface area contributed by atoms with Crippen LogP contribution in [-0.4, -0.2) is 30.3 Å². The van der Waals surface area contributed by atoms with E-state index in [1.807, 2.05) is 38.1 Å². The van der Waals surface area contributed by atoms with Crippen LogP contribution < -0.4 is 10.6 Å². The van der Waals surface area contributed by atoms with Crippen LogP contribution in [0.1, 0.15) is 25.8 Å². The Morgan fingerprint density at radius 2 is 2.05 bits per heavy atom. The monoisotopic (exact) mass is 342 g/mol. The van der Waals surface area contributed by atoms with Gasteiger partial charge in [-0.25, -0.2) is 4.79 Å². The van der Waals surface area contributed by atoms with E-state index in [1.165, 1.54) is 5.56 Å². The number of benzene rings is 1. The molecule has 2 unspecified atom stereocenters. The van der Waals surface area contributed by atoms with E-state index in [4.69, 9.17) is 5.11 Å². The molecule has 2 amide bonds. The number of aliphatic hydroxyl groups is 1. The first-order chi connectivity index (χ1) is 9.52. The minimum Gasteiger partial charge on any atom is -0.396 e. The van der Waals surface area contributed by atoms with Crippen molar-refractivity contribution in [2.75, 3.05) is 13.2 Å². The summed E-state index contributed by atoms with van der Waals surface area (Å²) in [7, 11) is 0. The summed E-state index contributed by atoms with van der Waals surface area (Å²) in [6, 6.07) is 7.91. The Morgan fingerprint density at radius 3 is 2.70 bits per heavy atom. The van der Waals surface area contributed by atoms with Gasteiger partial charge in [0.05, 0.1) is 0 Å².